The number of rotatable bonds is 2. The van der Waals surface area contributed by atoms with Crippen LogP contribution >= 0.6 is 27.5 Å². The molecule has 22 heavy (non-hydrogen) atoms. The van der Waals surface area contributed by atoms with E-state index in [4.69, 9.17) is 11.6 Å². The predicted octanol–water partition coefficient (Wildman–Crippen LogP) is 4.53. The van der Waals surface area contributed by atoms with Gasteiger partial charge in [-0.15, -0.1) is 0 Å². The molecule has 2 N–H and O–H groups in total. The van der Waals surface area contributed by atoms with Crippen LogP contribution in [-0.4, -0.2) is 19.9 Å². The summed E-state index contributed by atoms with van der Waals surface area (Å²) in [6.45, 7) is 0. The molecule has 0 spiro atoms. The number of fused-ring (bicyclic) bond motifs is 1. The Labute approximate surface area is 135 Å². The SMILES string of the molecule is FC(F)(F)c1nc2cc(Nc3nc(Cl)ncc3Br)ccc2[nH]1. The second-order valence-corrected chi connectivity index (χ2v) is 5.47. The van der Waals surface area contributed by atoms with E-state index in [1.165, 1.54) is 18.3 Å². The van der Waals surface area contributed by atoms with Gasteiger partial charge in [0.05, 0.1) is 15.5 Å². The number of nitrogens with zero attached hydrogens (tertiary/aromatic N) is 3. The molecule has 3 aromatic rings. The zero-order valence-electron chi connectivity index (χ0n) is 10.5. The lowest BCUT2D eigenvalue weighted by Crippen LogP contribution is -2.06. The van der Waals surface area contributed by atoms with Crippen molar-refractivity contribution in [3.63, 3.8) is 0 Å². The summed E-state index contributed by atoms with van der Waals surface area (Å²) >= 11 is 8.96. The van der Waals surface area contributed by atoms with Gasteiger partial charge in [0.1, 0.15) is 5.82 Å². The molecule has 5 nitrogen and oxygen atoms in total. The lowest BCUT2D eigenvalue weighted by atomic mass is 10.3. The number of hydrogen-bond donors (Lipinski definition) is 2. The summed E-state index contributed by atoms with van der Waals surface area (Å²) in [7, 11) is 0. The molecule has 2 aromatic heterocycles. The maximum absolute atomic E-state index is 12.6. The van der Waals surface area contributed by atoms with Crippen molar-refractivity contribution in [3.8, 4) is 0 Å². The topological polar surface area (TPSA) is 66.5 Å². The largest absolute Gasteiger partial charge is 0.449 e. The number of alkyl halides is 3. The minimum atomic E-state index is -4.52. The molecule has 2 heterocycles. The Kier molecular flexibility index (Phi) is 3.69. The summed E-state index contributed by atoms with van der Waals surface area (Å²) in [4.78, 5) is 13.5. The standard InChI is InChI=1S/C12H6BrClF3N5/c13-6-4-18-11(14)22-9(6)19-5-1-2-7-8(3-5)21-10(20-7)12(15,16)17/h1-4H,(H,20,21)(H,18,19,22). The summed E-state index contributed by atoms with van der Waals surface area (Å²) in [6.07, 6.45) is -3.05. The van der Waals surface area contributed by atoms with Crippen LogP contribution in [0.3, 0.4) is 0 Å². The molecule has 0 atom stereocenters. The van der Waals surface area contributed by atoms with Gasteiger partial charge in [-0.25, -0.2) is 9.97 Å². The molecule has 0 saturated carbocycles. The van der Waals surface area contributed by atoms with Crippen molar-refractivity contribution in [2.75, 3.05) is 5.32 Å². The third kappa shape index (κ3) is 3.00. The maximum Gasteiger partial charge on any atom is 0.449 e. The highest BCUT2D eigenvalue weighted by Gasteiger charge is 2.34. The van der Waals surface area contributed by atoms with Crippen molar-refractivity contribution >= 4 is 50.1 Å². The fourth-order valence-electron chi connectivity index (χ4n) is 1.79. The van der Waals surface area contributed by atoms with Crippen molar-refractivity contribution in [2.24, 2.45) is 0 Å². The first-order valence-corrected chi connectivity index (χ1v) is 7.02. The van der Waals surface area contributed by atoms with Gasteiger partial charge in [-0.2, -0.15) is 18.2 Å². The normalized spacial score (nSPS) is 11.9. The quantitative estimate of drug-likeness (QED) is 0.629. The fraction of sp³-hybridized carbons (Fsp3) is 0.0833. The Hall–Kier alpha value is -1.87. The van der Waals surface area contributed by atoms with Crippen molar-refractivity contribution < 1.29 is 13.2 Å². The van der Waals surface area contributed by atoms with E-state index in [0.717, 1.165) is 0 Å². The van der Waals surface area contributed by atoms with Crippen LogP contribution in [0.1, 0.15) is 5.82 Å². The Balaban J connectivity index is 1.96. The number of H-pyrrole nitrogens is 1. The number of nitrogens with one attached hydrogen (secondary N) is 2. The van der Waals surface area contributed by atoms with Gasteiger partial charge in [-0.05, 0) is 45.7 Å². The van der Waals surface area contributed by atoms with Crippen LogP contribution in [-0.2, 0) is 6.18 Å². The van der Waals surface area contributed by atoms with Gasteiger partial charge in [0.15, 0.2) is 0 Å². The van der Waals surface area contributed by atoms with Crippen LogP contribution < -0.4 is 5.32 Å². The molecular weight excluding hydrogens is 387 g/mol. The second kappa shape index (κ2) is 5.40. The van der Waals surface area contributed by atoms with Gasteiger partial charge in [0.25, 0.3) is 0 Å². The lowest BCUT2D eigenvalue weighted by molar-refractivity contribution is -0.144. The molecule has 0 aliphatic heterocycles. The second-order valence-electron chi connectivity index (χ2n) is 4.28. The van der Waals surface area contributed by atoms with Crippen LogP contribution in [0.5, 0.6) is 0 Å². The van der Waals surface area contributed by atoms with Crippen LogP contribution in [0.2, 0.25) is 5.28 Å². The molecule has 10 heteroatoms. The molecule has 0 aliphatic carbocycles. The zero-order chi connectivity index (χ0) is 15.9. The van der Waals surface area contributed by atoms with Gasteiger partial charge in [0, 0.05) is 11.9 Å². The molecule has 1 aromatic carbocycles. The molecular formula is C12H6BrClF3N5. The van der Waals surface area contributed by atoms with E-state index >= 15 is 0 Å². The van der Waals surface area contributed by atoms with Gasteiger partial charge < -0.3 is 10.3 Å². The number of benzene rings is 1. The number of aromatic amines is 1. The molecule has 0 saturated heterocycles. The zero-order valence-corrected chi connectivity index (χ0v) is 12.9. The van der Waals surface area contributed by atoms with Gasteiger partial charge >= 0.3 is 6.18 Å². The van der Waals surface area contributed by atoms with Crippen molar-refractivity contribution in [3.05, 3.63) is 40.0 Å². The Morgan fingerprint density at radius 1 is 1.23 bits per heavy atom. The number of anilines is 2. The van der Waals surface area contributed by atoms with E-state index in [1.807, 2.05) is 0 Å². The van der Waals surface area contributed by atoms with Crippen LogP contribution in [0, 0.1) is 0 Å². The van der Waals surface area contributed by atoms with Crippen LogP contribution in [0.15, 0.2) is 28.9 Å². The van der Waals surface area contributed by atoms with Crippen LogP contribution in [0.25, 0.3) is 11.0 Å². The van der Waals surface area contributed by atoms with E-state index < -0.39 is 12.0 Å². The maximum atomic E-state index is 12.6. The van der Waals surface area contributed by atoms with Crippen molar-refractivity contribution in [2.45, 2.75) is 6.18 Å². The average Bonchev–Trinajstić information content (AvgIpc) is 2.86. The highest BCUT2D eigenvalue weighted by molar-refractivity contribution is 9.10. The summed E-state index contributed by atoms with van der Waals surface area (Å²) in [5.74, 6) is -0.642. The summed E-state index contributed by atoms with van der Waals surface area (Å²) in [5.41, 5.74) is 0.995. The summed E-state index contributed by atoms with van der Waals surface area (Å²) < 4.78 is 38.4. The van der Waals surface area contributed by atoms with Gasteiger partial charge in [-0.1, -0.05) is 0 Å². The first-order chi connectivity index (χ1) is 10.3. The molecule has 0 aliphatic rings. The lowest BCUT2D eigenvalue weighted by Gasteiger charge is -2.07. The molecule has 0 fully saturated rings. The van der Waals surface area contributed by atoms with Crippen LogP contribution in [0.4, 0.5) is 24.7 Å². The molecule has 0 amide bonds. The van der Waals surface area contributed by atoms with Crippen molar-refractivity contribution in [1.82, 2.24) is 19.9 Å². The number of imidazole rings is 1. The highest BCUT2D eigenvalue weighted by atomic mass is 79.9. The first-order valence-electron chi connectivity index (χ1n) is 5.85. The molecule has 3 rings (SSSR count). The average molecular weight is 393 g/mol. The predicted molar refractivity (Wildman–Crippen MR) is 79.1 cm³/mol. The molecule has 0 unspecified atom stereocenters. The third-order valence-corrected chi connectivity index (χ3v) is 3.49. The number of halogens is 5. The minimum Gasteiger partial charge on any atom is -0.339 e. The minimum absolute atomic E-state index is 0.0471. The molecule has 114 valence electrons. The molecule has 0 radical (unpaired) electrons. The van der Waals surface area contributed by atoms with Gasteiger partial charge in [0.2, 0.25) is 11.1 Å². The Bertz CT molecular complexity index is 848. The Morgan fingerprint density at radius 2 is 2.00 bits per heavy atom. The first kappa shape index (κ1) is 15.0. The Morgan fingerprint density at radius 3 is 2.73 bits per heavy atom. The van der Waals surface area contributed by atoms with E-state index in [-0.39, 0.29) is 16.3 Å². The summed E-state index contributed by atoms with van der Waals surface area (Å²) in [6, 6.07) is 4.57. The number of aromatic nitrogens is 4. The van der Waals surface area contributed by atoms with E-state index in [9.17, 15) is 13.2 Å². The summed E-state index contributed by atoms with van der Waals surface area (Å²) in [5, 5.41) is 2.98. The third-order valence-electron chi connectivity index (χ3n) is 2.73. The fourth-order valence-corrected chi connectivity index (χ4v) is 2.21. The monoisotopic (exact) mass is 391 g/mol. The van der Waals surface area contributed by atoms with Crippen molar-refractivity contribution in [1.29, 1.82) is 0 Å². The van der Waals surface area contributed by atoms with E-state index in [2.05, 4.69) is 41.2 Å². The highest BCUT2D eigenvalue weighted by Crippen LogP contribution is 2.30. The van der Waals surface area contributed by atoms with Gasteiger partial charge in [-0.3, -0.25) is 0 Å². The van der Waals surface area contributed by atoms with E-state index in [1.54, 1.807) is 6.07 Å². The smallest absolute Gasteiger partial charge is 0.339 e. The molecule has 0 bridgehead atoms. The number of hydrogen-bond acceptors (Lipinski definition) is 4. The van der Waals surface area contributed by atoms with E-state index in [0.29, 0.717) is 16.0 Å².